The van der Waals surface area contributed by atoms with E-state index in [1.165, 1.54) is 0 Å². The molecule has 1 heterocycles. The number of methoxy groups -OCH3 is 1. The third kappa shape index (κ3) is 1.66. The maximum Gasteiger partial charge on any atom is 0.511 e. The summed E-state index contributed by atoms with van der Waals surface area (Å²) < 4.78 is 12.5. The zero-order valence-electron chi connectivity index (χ0n) is 5.70. The highest BCUT2D eigenvalue weighted by Gasteiger charge is 2.42. The maximum absolute atomic E-state index is 10.5. The molecular formula is C5H6O6. The van der Waals surface area contributed by atoms with Crippen LogP contribution in [0.2, 0.25) is 0 Å². The molecule has 1 rings (SSSR count). The number of ether oxygens (including phenoxy) is 3. The fourth-order valence-corrected chi connectivity index (χ4v) is 0.582. The van der Waals surface area contributed by atoms with Gasteiger partial charge in [-0.15, -0.1) is 0 Å². The molecule has 1 N–H and O–H groups in total. The number of hydrogen-bond acceptors (Lipinski definition) is 6. The summed E-state index contributed by atoms with van der Waals surface area (Å²) in [6, 6.07) is 0. The van der Waals surface area contributed by atoms with Crippen molar-refractivity contribution in [2.75, 3.05) is 7.11 Å². The van der Waals surface area contributed by atoms with Crippen molar-refractivity contribution >= 4 is 11.9 Å². The van der Waals surface area contributed by atoms with Crippen molar-refractivity contribution in [1.29, 1.82) is 0 Å². The molecule has 62 valence electrons. The third-order valence-corrected chi connectivity index (χ3v) is 1.03. The zero-order valence-corrected chi connectivity index (χ0v) is 5.70. The van der Waals surface area contributed by atoms with Gasteiger partial charge in [-0.2, -0.15) is 0 Å². The van der Waals surface area contributed by atoms with Gasteiger partial charge in [0.25, 0.3) is 0 Å². The number of rotatable bonds is 1. The highest BCUT2D eigenvalue weighted by Crippen LogP contribution is 2.17. The lowest BCUT2D eigenvalue weighted by molar-refractivity contribution is -0.449. The van der Waals surface area contributed by atoms with Crippen LogP contribution in [-0.4, -0.2) is 30.3 Å². The van der Waals surface area contributed by atoms with Gasteiger partial charge in [0.2, 0.25) is 0 Å². The first-order chi connectivity index (χ1) is 5.06. The molecule has 6 nitrogen and oxygen atoms in total. The van der Waals surface area contributed by atoms with Crippen molar-refractivity contribution in [2.24, 2.45) is 0 Å². The molecule has 0 saturated carbocycles. The molecule has 0 aromatic carbocycles. The first kappa shape index (κ1) is 7.96. The summed E-state index contributed by atoms with van der Waals surface area (Å²) >= 11 is 0. The van der Waals surface area contributed by atoms with Crippen LogP contribution in [-0.2, 0) is 23.8 Å². The molecule has 0 unspecified atom stereocenters. The average Bonchev–Trinajstić information content (AvgIpc) is 1.84. The quantitative estimate of drug-likeness (QED) is 0.294. The summed E-state index contributed by atoms with van der Waals surface area (Å²) in [5.74, 6) is -1.77. The van der Waals surface area contributed by atoms with Gasteiger partial charge in [-0.1, -0.05) is 0 Å². The Morgan fingerprint density at radius 2 is 1.91 bits per heavy atom. The zero-order chi connectivity index (χ0) is 8.48. The van der Waals surface area contributed by atoms with Gasteiger partial charge in [0.15, 0.2) is 0 Å². The smallest absolute Gasteiger partial charge is 0.373 e. The van der Waals surface area contributed by atoms with Crippen LogP contribution in [0.5, 0.6) is 0 Å². The molecule has 0 atom stereocenters. The molecule has 0 aromatic heterocycles. The minimum Gasteiger partial charge on any atom is -0.373 e. The van der Waals surface area contributed by atoms with Gasteiger partial charge >= 0.3 is 18.1 Å². The first-order valence-electron chi connectivity index (χ1n) is 2.77. The van der Waals surface area contributed by atoms with Gasteiger partial charge in [-0.05, 0) is 0 Å². The molecule has 0 amide bonds. The number of hydrogen-bond donors (Lipinski definition) is 1. The first-order valence-corrected chi connectivity index (χ1v) is 2.77. The summed E-state index contributed by atoms with van der Waals surface area (Å²) in [5.41, 5.74) is 0. The van der Waals surface area contributed by atoms with Gasteiger partial charge in [0, 0.05) is 7.11 Å². The van der Waals surface area contributed by atoms with Crippen molar-refractivity contribution in [1.82, 2.24) is 0 Å². The van der Waals surface area contributed by atoms with E-state index in [0.717, 1.165) is 7.11 Å². The fraction of sp³-hybridized carbons (Fsp3) is 0.600. The number of aliphatic hydroxyl groups is 1. The van der Waals surface area contributed by atoms with Crippen molar-refractivity contribution in [3.8, 4) is 0 Å². The third-order valence-electron chi connectivity index (χ3n) is 1.03. The topological polar surface area (TPSA) is 82.1 Å². The second-order valence-electron chi connectivity index (χ2n) is 1.85. The van der Waals surface area contributed by atoms with Crippen LogP contribution in [0.3, 0.4) is 0 Å². The Hall–Kier alpha value is -1.14. The van der Waals surface area contributed by atoms with Crippen LogP contribution in [0.25, 0.3) is 0 Å². The van der Waals surface area contributed by atoms with Crippen LogP contribution in [0.4, 0.5) is 0 Å². The summed E-state index contributed by atoms with van der Waals surface area (Å²) in [4.78, 5) is 21.0. The predicted octanol–water partition coefficient (Wildman–Crippen LogP) is -1.27. The van der Waals surface area contributed by atoms with Crippen LogP contribution < -0.4 is 0 Å². The molecule has 0 bridgehead atoms. The molecule has 0 aromatic rings. The normalized spacial score (nSPS) is 22.4. The van der Waals surface area contributed by atoms with Gasteiger partial charge < -0.3 is 9.47 Å². The molecule has 1 aliphatic heterocycles. The molecule has 6 heteroatoms. The van der Waals surface area contributed by atoms with Crippen molar-refractivity contribution < 1.29 is 28.9 Å². The van der Waals surface area contributed by atoms with Crippen LogP contribution in [0, 0.1) is 0 Å². The van der Waals surface area contributed by atoms with E-state index in [1.54, 1.807) is 0 Å². The lowest BCUT2D eigenvalue weighted by Crippen LogP contribution is -2.46. The number of esters is 2. The van der Waals surface area contributed by atoms with E-state index in [2.05, 4.69) is 14.2 Å². The van der Waals surface area contributed by atoms with Gasteiger partial charge in [0.05, 0.1) is 0 Å². The van der Waals surface area contributed by atoms with Gasteiger partial charge in [-0.25, -0.2) is 0 Å². The highest BCUT2D eigenvalue weighted by atomic mass is 17.0. The predicted molar refractivity (Wildman–Crippen MR) is 28.8 cm³/mol. The van der Waals surface area contributed by atoms with E-state index in [9.17, 15) is 9.59 Å². The Kier molecular flexibility index (Phi) is 1.79. The van der Waals surface area contributed by atoms with Crippen LogP contribution in [0.15, 0.2) is 0 Å². The summed E-state index contributed by atoms with van der Waals surface area (Å²) in [7, 11) is 1.03. The van der Waals surface area contributed by atoms with E-state index in [4.69, 9.17) is 5.11 Å². The minimum absolute atomic E-state index is 0.508. The molecule has 0 spiro atoms. The maximum atomic E-state index is 10.5. The van der Waals surface area contributed by atoms with E-state index in [-0.39, 0.29) is 0 Å². The second-order valence-corrected chi connectivity index (χ2v) is 1.85. The van der Waals surface area contributed by atoms with Gasteiger partial charge in [-0.3, -0.25) is 19.4 Å². The second kappa shape index (κ2) is 2.48. The van der Waals surface area contributed by atoms with Crippen molar-refractivity contribution in [3.05, 3.63) is 0 Å². The van der Waals surface area contributed by atoms with Crippen LogP contribution in [0.1, 0.15) is 6.42 Å². The van der Waals surface area contributed by atoms with E-state index in [0.29, 0.717) is 0 Å². The molecule has 1 saturated heterocycles. The molecule has 0 aliphatic carbocycles. The van der Waals surface area contributed by atoms with Crippen molar-refractivity contribution in [2.45, 2.75) is 12.6 Å². The Bertz CT molecular complexity index is 181. The molecular weight excluding hydrogens is 156 g/mol. The molecule has 1 aliphatic rings. The molecule has 1 fully saturated rings. The molecule has 0 radical (unpaired) electrons. The lowest BCUT2D eigenvalue weighted by atomic mass is 10.4. The SMILES string of the molecule is COC1(O)OC(=O)CC(=O)O1. The minimum atomic E-state index is -2.54. The summed E-state index contributed by atoms with van der Waals surface area (Å²) in [6.45, 7) is 0. The Balaban J connectivity index is 2.70. The average molecular weight is 162 g/mol. The largest absolute Gasteiger partial charge is 0.511 e. The Morgan fingerprint density at radius 3 is 2.27 bits per heavy atom. The van der Waals surface area contributed by atoms with E-state index < -0.39 is 24.5 Å². The lowest BCUT2D eigenvalue weighted by Gasteiger charge is -2.26. The Labute approximate surface area is 61.7 Å². The summed E-state index contributed by atoms with van der Waals surface area (Å²) in [5, 5.41) is 8.91. The Morgan fingerprint density at radius 1 is 1.45 bits per heavy atom. The fourth-order valence-electron chi connectivity index (χ4n) is 0.582. The number of carbonyl (C=O) groups is 2. The standard InChI is InChI=1S/C5H6O6/c1-9-5(8)10-3(6)2-4(7)11-5/h8H,2H2,1H3. The highest BCUT2D eigenvalue weighted by molar-refractivity contribution is 5.92. The van der Waals surface area contributed by atoms with E-state index >= 15 is 0 Å². The van der Waals surface area contributed by atoms with Gasteiger partial charge in [0.1, 0.15) is 6.42 Å². The number of carbonyl (C=O) groups excluding carboxylic acids is 2. The molecule has 11 heavy (non-hydrogen) atoms. The summed E-state index contributed by atoms with van der Waals surface area (Å²) in [6.07, 6.45) is -3.04. The monoisotopic (exact) mass is 162 g/mol. The van der Waals surface area contributed by atoms with Crippen molar-refractivity contribution in [3.63, 3.8) is 0 Å². The number of cyclic esters (lactones) is 2. The van der Waals surface area contributed by atoms with Crippen LogP contribution >= 0.6 is 0 Å². The van der Waals surface area contributed by atoms with E-state index in [1.807, 2.05) is 0 Å².